The zero-order valence-electron chi connectivity index (χ0n) is 17.4. The van der Waals surface area contributed by atoms with Gasteiger partial charge in [-0.2, -0.15) is 13.2 Å². The molecule has 0 saturated heterocycles. The SMILES string of the molecule is Cc1c(O)n(-c2ccc(SC(F)(F)F)cc2)c(=O)n1Cc1ccncc1Nc1ccccc1. The molecule has 170 valence electrons. The summed E-state index contributed by atoms with van der Waals surface area (Å²) in [6.45, 7) is 1.76. The quantitative estimate of drug-likeness (QED) is 0.365. The number of imidazole rings is 1. The summed E-state index contributed by atoms with van der Waals surface area (Å²) < 4.78 is 40.2. The molecule has 0 unspecified atom stereocenters. The molecule has 0 bridgehead atoms. The number of aromatic hydroxyl groups is 1. The Kier molecular flexibility index (Phi) is 6.19. The molecule has 2 aromatic carbocycles. The predicted molar refractivity (Wildman–Crippen MR) is 121 cm³/mol. The summed E-state index contributed by atoms with van der Waals surface area (Å²) in [5, 5.41) is 13.9. The Balaban J connectivity index is 1.66. The van der Waals surface area contributed by atoms with Crippen molar-refractivity contribution in [3.63, 3.8) is 0 Å². The van der Waals surface area contributed by atoms with Crippen LogP contribution in [-0.4, -0.2) is 24.7 Å². The maximum absolute atomic E-state index is 13.1. The second-order valence-electron chi connectivity index (χ2n) is 7.18. The topological polar surface area (TPSA) is 72.1 Å². The third-order valence-electron chi connectivity index (χ3n) is 4.98. The number of benzene rings is 2. The molecule has 0 spiro atoms. The summed E-state index contributed by atoms with van der Waals surface area (Å²) in [5.41, 5.74) is -1.99. The average Bonchev–Trinajstić information content (AvgIpc) is 2.98. The van der Waals surface area contributed by atoms with Crippen molar-refractivity contribution >= 4 is 23.1 Å². The van der Waals surface area contributed by atoms with Crippen LogP contribution in [0.2, 0.25) is 0 Å². The van der Waals surface area contributed by atoms with E-state index in [-0.39, 0.29) is 34.8 Å². The van der Waals surface area contributed by atoms with Crippen molar-refractivity contribution in [2.45, 2.75) is 23.9 Å². The molecule has 0 aliphatic heterocycles. The highest BCUT2D eigenvalue weighted by atomic mass is 32.2. The largest absolute Gasteiger partial charge is 0.493 e. The second-order valence-corrected chi connectivity index (χ2v) is 8.32. The van der Waals surface area contributed by atoms with Crippen LogP contribution >= 0.6 is 11.8 Å². The molecule has 4 aromatic rings. The number of halogens is 3. The Morgan fingerprint density at radius 3 is 2.42 bits per heavy atom. The van der Waals surface area contributed by atoms with Crippen molar-refractivity contribution < 1.29 is 18.3 Å². The fourth-order valence-electron chi connectivity index (χ4n) is 3.37. The molecule has 0 saturated carbocycles. The molecule has 0 aliphatic carbocycles. The molecule has 2 aromatic heterocycles. The standard InChI is InChI=1S/C23H19F3N4O2S/c1-15-21(31)30(18-7-9-19(10-8-18)33-23(24,25)26)22(32)29(15)14-16-11-12-27-13-20(16)28-17-5-3-2-4-6-17/h2-13,28,31H,14H2,1H3. The number of aromatic nitrogens is 3. The maximum Gasteiger partial charge on any atom is 0.446 e. The van der Waals surface area contributed by atoms with Gasteiger partial charge in [-0.25, -0.2) is 9.36 Å². The van der Waals surface area contributed by atoms with Gasteiger partial charge in [0.2, 0.25) is 5.88 Å². The van der Waals surface area contributed by atoms with E-state index in [1.807, 2.05) is 30.3 Å². The van der Waals surface area contributed by atoms with E-state index in [0.717, 1.165) is 15.8 Å². The summed E-state index contributed by atoms with van der Waals surface area (Å²) in [7, 11) is 0. The molecule has 10 heteroatoms. The highest BCUT2D eigenvalue weighted by Gasteiger charge is 2.29. The first kappa shape index (κ1) is 22.5. The molecule has 0 amide bonds. The fourth-order valence-corrected chi connectivity index (χ4v) is 3.91. The summed E-state index contributed by atoms with van der Waals surface area (Å²) >= 11 is -0.243. The van der Waals surface area contributed by atoms with Crippen LogP contribution in [0, 0.1) is 6.92 Å². The third-order valence-corrected chi connectivity index (χ3v) is 5.72. The molecular formula is C23H19F3N4O2S. The lowest BCUT2D eigenvalue weighted by Gasteiger charge is -2.12. The van der Waals surface area contributed by atoms with Gasteiger partial charge in [-0.3, -0.25) is 9.55 Å². The van der Waals surface area contributed by atoms with Crippen molar-refractivity contribution in [3.05, 3.63) is 94.8 Å². The van der Waals surface area contributed by atoms with Crippen LogP contribution in [-0.2, 0) is 6.54 Å². The Hall–Kier alpha value is -3.66. The van der Waals surface area contributed by atoms with E-state index in [9.17, 15) is 23.1 Å². The van der Waals surface area contributed by atoms with E-state index < -0.39 is 11.2 Å². The Labute approximate surface area is 191 Å². The fraction of sp³-hybridized carbons (Fsp3) is 0.130. The summed E-state index contributed by atoms with van der Waals surface area (Å²) in [6, 6.07) is 16.5. The van der Waals surface area contributed by atoms with E-state index in [1.165, 1.54) is 28.8 Å². The maximum atomic E-state index is 13.1. The molecule has 0 fully saturated rings. The highest BCUT2D eigenvalue weighted by Crippen LogP contribution is 2.37. The van der Waals surface area contributed by atoms with Crippen LogP contribution in [0.1, 0.15) is 11.3 Å². The van der Waals surface area contributed by atoms with Crippen molar-refractivity contribution in [1.29, 1.82) is 0 Å². The number of thioether (sulfide) groups is 1. The molecule has 6 nitrogen and oxygen atoms in total. The minimum absolute atomic E-state index is 0.0108. The number of alkyl halides is 3. The lowest BCUT2D eigenvalue weighted by molar-refractivity contribution is -0.0328. The van der Waals surface area contributed by atoms with Gasteiger partial charge in [-0.1, -0.05) is 18.2 Å². The summed E-state index contributed by atoms with van der Waals surface area (Å²) in [5.74, 6) is -0.275. The van der Waals surface area contributed by atoms with E-state index in [2.05, 4.69) is 10.3 Å². The van der Waals surface area contributed by atoms with Gasteiger partial charge < -0.3 is 10.4 Å². The van der Waals surface area contributed by atoms with Gasteiger partial charge in [0.1, 0.15) is 0 Å². The van der Waals surface area contributed by atoms with Gasteiger partial charge in [0.25, 0.3) is 0 Å². The van der Waals surface area contributed by atoms with Crippen molar-refractivity contribution in [2.24, 2.45) is 0 Å². The van der Waals surface area contributed by atoms with Crippen molar-refractivity contribution in [3.8, 4) is 11.6 Å². The smallest absolute Gasteiger partial charge is 0.446 e. The minimum atomic E-state index is -4.41. The number of hydrogen-bond donors (Lipinski definition) is 2. The van der Waals surface area contributed by atoms with Gasteiger partial charge in [0.15, 0.2) is 0 Å². The van der Waals surface area contributed by atoms with Crippen LogP contribution in [0.3, 0.4) is 0 Å². The number of nitrogens with one attached hydrogen (secondary N) is 1. The van der Waals surface area contributed by atoms with Gasteiger partial charge in [0.05, 0.1) is 29.8 Å². The number of rotatable bonds is 6. The van der Waals surface area contributed by atoms with E-state index in [1.54, 1.807) is 25.4 Å². The number of hydrogen-bond acceptors (Lipinski definition) is 5. The lowest BCUT2D eigenvalue weighted by atomic mass is 10.2. The molecule has 0 aliphatic rings. The van der Waals surface area contributed by atoms with Gasteiger partial charge in [-0.15, -0.1) is 0 Å². The van der Waals surface area contributed by atoms with E-state index in [4.69, 9.17) is 0 Å². The molecule has 0 radical (unpaired) electrons. The first-order valence-corrected chi connectivity index (χ1v) is 10.7. The van der Waals surface area contributed by atoms with Crippen LogP contribution in [0.15, 0.2) is 82.7 Å². The second kappa shape index (κ2) is 9.07. The molecule has 0 atom stereocenters. The highest BCUT2D eigenvalue weighted by molar-refractivity contribution is 8.00. The molecule has 4 rings (SSSR count). The number of pyridine rings is 1. The van der Waals surface area contributed by atoms with Crippen LogP contribution in [0.5, 0.6) is 5.88 Å². The number of nitrogens with zero attached hydrogens (tertiary/aromatic N) is 3. The minimum Gasteiger partial charge on any atom is -0.493 e. The van der Waals surface area contributed by atoms with Gasteiger partial charge in [-0.05, 0) is 66.7 Å². The van der Waals surface area contributed by atoms with E-state index in [0.29, 0.717) is 11.4 Å². The average molecular weight is 472 g/mol. The monoisotopic (exact) mass is 472 g/mol. The van der Waals surface area contributed by atoms with Crippen molar-refractivity contribution in [2.75, 3.05) is 5.32 Å². The molecule has 2 heterocycles. The van der Waals surface area contributed by atoms with Crippen LogP contribution in [0.4, 0.5) is 24.5 Å². The molecule has 2 N–H and O–H groups in total. The summed E-state index contributed by atoms with van der Waals surface area (Å²) in [4.78, 5) is 17.3. The molecular weight excluding hydrogens is 453 g/mol. The summed E-state index contributed by atoms with van der Waals surface area (Å²) in [6.07, 6.45) is 3.26. The molecule has 33 heavy (non-hydrogen) atoms. The normalized spacial score (nSPS) is 11.5. The lowest BCUT2D eigenvalue weighted by Crippen LogP contribution is -2.24. The third kappa shape index (κ3) is 5.06. The Bertz CT molecular complexity index is 1320. The number of para-hydroxylation sites is 1. The zero-order valence-corrected chi connectivity index (χ0v) is 18.2. The number of anilines is 2. The Morgan fingerprint density at radius 2 is 1.76 bits per heavy atom. The van der Waals surface area contributed by atoms with Crippen LogP contribution < -0.4 is 11.0 Å². The zero-order chi connectivity index (χ0) is 23.6. The first-order valence-electron chi connectivity index (χ1n) is 9.85. The Morgan fingerprint density at radius 1 is 1.06 bits per heavy atom. The predicted octanol–water partition coefficient (Wildman–Crippen LogP) is 5.45. The van der Waals surface area contributed by atoms with Crippen molar-refractivity contribution in [1.82, 2.24) is 14.1 Å². The van der Waals surface area contributed by atoms with Gasteiger partial charge >= 0.3 is 11.2 Å². The van der Waals surface area contributed by atoms with E-state index >= 15 is 0 Å². The van der Waals surface area contributed by atoms with Crippen LogP contribution in [0.25, 0.3) is 5.69 Å². The first-order chi connectivity index (χ1) is 15.7. The van der Waals surface area contributed by atoms with Gasteiger partial charge in [0, 0.05) is 16.8 Å².